The number of likely N-dealkylation sites (tertiary alicyclic amines) is 1. The third kappa shape index (κ3) is 3.16. The maximum absolute atomic E-state index is 13.4. The van der Waals surface area contributed by atoms with Gasteiger partial charge in [-0.3, -0.25) is 4.90 Å². The molecule has 3 atom stereocenters. The molecule has 3 nitrogen and oxygen atoms in total. The molecular formula is C18H23FN2O. The molecule has 3 rings (SSSR count). The topological polar surface area (TPSA) is 47.3 Å². The van der Waals surface area contributed by atoms with E-state index >= 15 is 0 Å². The molecule has 2 aliphatic rings. The van der Waals surface area contributed by atoms with Crippen LogP contribution in [0.15, 0.2) is 18.2 Å². The molecular weight excluding hydrogens is 279 g/mol. The number of benzene rings is 1. The van der Waals surface area contributed by atoms with Crippen molar-refractivity contribution in [2.75, 3.05) is 6.54 Å². The highest BCUT2D eigenvalue weighted by molar-refractivity contribution is 5.34. The van der Waals surface area contributed by atoms with Crippen LogP contribution in [-0.2, 0) is 6.54 Å². The van der Waals surface area contributed by atoms with Gasteiger partial charge in [0.1, 0.15) is 11.9 Å². The first-order valence-electron chi connectivity index (χ1n) is 8.29. The Hall–Kier alpha value is -1.44. The second-order valence-electron chi connectivity index (χ2n) is 6.62. The van der Waals surface area contributed by atoms with E-state index in [1.807, 2.05) is 6.07 Å². The molecule has 0 spiro atoms. The van der Waals surface area contributed by atoms with Crippen LogP contribution >= 0.6 is 0 Å². The quantitative estimate of drug-likeness (QED) is 0.932. The number of nitrogens with zero attached hydrogens (tertiary/aromatic N) is 2. The Labute approximate surface area is 131 Å². The molecule has 1 aromatic carbocycles. The van der Waals surface area contributed by atoms with Crippen LogP contribution in [0, 0.1) is 23.1 Å². The smallest absolute Gasteiger partial charge is 0.140 e. The van der Waals surface area contributed by atoms with Crippen LogP contribution in [0.25, 0.3) is 0 Å². The third-order valence-corrected chi connectivity index (χ3v) is 5.23. The summed E-state index contributed by atoms with van der Waals surface area (Å²) in [6.07, 6.45) is 6.48. The van der Waals surface area contributed by atoms with Crippen LogP contribution in [0.4, 0.5) is 4.39 Å². The van der Waals surface area contributed by atoms with Gasteiger partial charge in [0.15, 0.2) is 0 Å². The first kappa shape index (κ1) is 15.5. The molecule has 1 heterocycles. The van der Waals surface area contributed by atoms with Crippen molar-refractivity contribution in [3.05, 3.63) is 35.1 Å². The molecule has 1 N–H and O–H groups in total. The van der Waals surface area contributed by atoms with Gasteiger partial charge >= 0.3 is 0 Å². The number of aliphatic hydroxyl groups is 1. The molecule has 1 saturated carbocycles. The van der Waals surface area contributed by atoms with Gasteiger partial charge in [-0.1, -0.05) is 18.9 Å². The summed E-state index contributed by atoms with van der Waals surface area (Å²) in [6, 6.07) is 7.14. The maximum Gasteiger partial charge on any atom is 0.140 e. The van der Waals surface area contributed by atoms with Crippen molar-refractivity contribution in [1.82, 2.24) is 4.90 Å². The van der Waals surface area contributed by atoms with Crippen LogP contribution in [0.2, 0.25) is 0 Å². The fraction of sp³-hybridized carbons (Fsp3) is 0.611. The average Bonchev–Trinajstić information content (AvgIpc) is 2.97. The van der Waals surface area contributed by atoms with Gasteiger partial charge in [0, 0.05) is 18.5 Å². The summed E-state index contributed by atoms with van der Waals surface area (Å²) in [5.74, 6) is -0.0842. The van der Waals surface area contributed by atoms with Gasteiger partial charge in [-0.15, -0.1) is 0 Å². The molecule has 1 aromatic rings. The second kappa shape index (κ2) is 6.76. The standard InChI is InChI=1S/C18H23FN2O/c19-16-8-7-13(10-14(16)11-20)12-21-9-3-5-17(21)15-4-1-2-6-18(15)22/h7-8,10,15,17-18,22H,1-6,9,12H2/t15-,17-,18+/m1/s1. The Morgan fingerprint density at radius 3 is 2.82 bits per heavy atom. The lowest BCUT2D eigenvalue weighted by Gasteiger charge is -2.37. The Morgan fingerprint density at radius 1 is 1.23 bits per heavy atom. The zero-order chi connectivity index (χ0) is 15.5. The van der Waals surface area contributed by atoms with Crippen molar-refractivity contribution < 1.29 is 9.50 Å². The molecule has 2 fully saturated rings. The number of nitriles is 1. The van der Waals surface area contributed by atoms with Gasteiger partial charge in [-0.25, -0.2) is 4.39 Å². The van der Waals surface area contributed by atoms with Crippen LogP contribution in [0.3, 0.4) is 0 Å². The van der Waals surface area contributed by atoms with E-state index in [1.54, 1.807) is 12.1 Å². The highest BCUT2D eigenvalue weighted by atomic mass is 19.1. The van der Waals surface area contributed by atoms with E-state index in [9.17, 15) is 9.50 Å². The number of aliphatic hydroxyl groups excluding tert-OH is 1. The number of hydrogen-bond acceptors (Lipinski definition) is 3. The SMILES string of the molecule is N#Cc1cc(CN2CCC[C@@H]2[C@H]2CCCC[C@@H]2O)ccc1F. The zero-order valence-electron chi connectivity index (χ0n) is 12.8. The van der Waals surface area contributed by atoms with Crippen molar-refractivity contribution in [3.8, 4) is 6.07 Å². The Balaban J connectivity index is 1.72. The summed E-state index contributed by atoms with van der Waals surface area (Å²) in [5, 5.41) is 19.3. The molecule has 1 aliphatic heterocycles. The highest BCUT2D eigenvalue weighted by Gasteiger charge is 2.36. The monoisotopic (exact) mass is 302 g/mol. The minimum atomic E-state index is -0.452. The number of halogens is 1. The van der Waals surface area contributed by atoms with Gasteiger partial charge in [0.25, 0.3) is 0 Å². The van der Waals surface area contributed by atoms with Crippen LogP contribution in [0.1, 0.15) is 49.7 Å². The summed E-state index contributed by atoms with van der Waals surface area (Å²) < 4.78 is 13.4. The molecule has 22 heavy (non-hydrogen) atoms. The lowest BCUT2D eigenvalue weighted by molar-refractivity contribution is 0.0201. The minimum Gasteiger partial charge on any atom is -0.393 e. The van der Waals surface area contributed by atoms with Gasteiger partial charge in [0.2, 0.25) is 0 Å². The van der Waals surface area contributed by atoms with E-state index in [4.69, 9.17) is 5.26 Å². The van der Waals surface area contributed by atoms with E-state index in [-0.39, 0.29) is 11.7 Å². The van der Waals surface area contributed by atoms with E-state index < -0.39 is 5.82 Å². The molecule has 1 aliphatic carbocycles. The highest BCUT2D eigenvalue weighted by Crippen LogP contribution is 2.35. The summed E-state index contributed by atoms with van der Waals surface area (Å²) >= 11 is 0. The summed E-state index contributed by atoms with van der Waals surface area (Å²) in [7, 11) is 0. The van der Waals surface area contributed by atoms with Crippen molar-refractivity contribution in [1.29, 1.82) is 5.26 Å². The fourth-order valence-electron chi connectivity index (χ4n) is 4.11. The average molecular weight is 302 g/mol. The lowest BCUT2D eigenvalue weighted by atomic mass is 9.80. The van der Waals surface area contributed by atoms with Crippen LogP contribution < -0.4 is 0 Å². The minimum absolute atomic E-state index is 0.117. The molecule has 0 unspecified atom stereocenters. The molecule has 1 saturated heterocycles. The van der Waals surface area contributed by atoms with E-state index in [0.717, 1.165) is 50.8 Å². The second-order valence-corrected chi connectivity index (χ2v) is 6.62. The lowest BCUT2D eigenvalue weighted by Crippen LogP contribution is -2.42. The van der Waals surface area contributed by atoms with Crippen molar-refractivity contribution in [3.63, 3.8) is 0 Å². The Morgan fingerprint density at radius 2 is 2.05 bits per heavy atom. The zero-order valence-corrected chi connectivity index (χ0v) is 12.8. The maximum atomic E-state index is 13.4. The van der Waals surface area contributed by atoms with Gasteiger partial charge in [0.05, 0.1) is 11.7 Å². The molecule has 0 bridgehead atoms. The van der Waals surface area contributed by atoms with Crippen LogP contribution in [-0.4, -0.2) is 28.7 Å². The Kier molecular flexibility index (Phi) is 4.75. The van der Waals surface area contributed by atoms with E-state index in [2.05, 4.69) is 4.90 Å². The summed E-state index contributed by atoms with van der Waals surface area (Å²) in [5.41, 5.74) is 1.10. The fourth-order valence-corrected chi connectivity index (χ4v) is 4.11. The summed E-state index contributed by atoms with van der Waals surface area (Å²) in [4.78, 5) is 2.41. The first-order valence-corrected chi connectivity index (χ1v) is 8.29. The van der Waals surface area contributed by atoms with Gasteiger partial charge in [-0.2, -0.15) is 5.26 Å². The number of hydrogen-bond donors (Lipinski definition) is 1. The van der Waals surface area contributed by atoms with Crippen molar-refractivity contribution in [2.45, 2.75) is 57.2 Å². The summed E-state index contributed by atoms with van der Waals surface area (Å²) in [6.45, 7) is 1.76. The third-order valence-electron chi connectivity index (χ3n) is 5.23. The number of rotatable bonds is 3. The van der Waals surface area contributed by atoms with Crippen LogP contribution in [0.5, 0.6) is 0 Å². The predicted molar refractivity (Wildman–Crippen MR) is 82.5 cm³/mol. The molecule has 0 radical (unpaired) electrons. The molecule has 118 valence electrons. The van der Waals surface area contributed by atoms with E-state index in [1.165, 1.54) is 12.5 Å². The first-order chi connectivity index (χ1) is 10.7. The molecule has 0 amide bonds. The molecule has 4 heteroatoms. The van der Waals surface area contributed by atoms with Crippen molar-refractivity contribution in [2.24, 2.45) is 5.92 Å². The molecule has 0 aromatic heterocycles. The normalized spacial score (nSPS) is 29.4. The van der Waals surface area contributed by atoms with Crippen molar-refractivity contribution >= 4 is 0 Å². The Bertz CT molecular complexity index is 569. The van der Waals surface area contributed by atoms with Gasteiger partial charge in [-0.05, 0) is 49.9 Å². The predicted octanol–water partition coefficient (Wildman–Crippen LogP) is 3.21. The van der Waals surface area contributed by atoms with E-state index in [0.29, 0.717) is 12.0 Å². The van der Waals surface area contributed by atoms with Gasteiger partial charge < -0.3 is 5.11 Å². The largest absolute Gasteiger partial charge is 0.393 e.